The zero-order valence-electron chi connectivity index (χ0n) is 14.1. The maximum Gasteiger partial charge on any atom is 0.265 e. The Labute approximate surface area is 157 Å². The van der Waals surface area contributed by atoms with Gasteiger partial charge in [-0.3, -0.25) is 9.59 Å². The lowest BCUT2D eigenvalue weighted by Gasteiger charge is -2.18. The molecule has 4 aromatic rings. The van der Waals surface area contributed by atoms with E-state index in [1.807, 2.05) is 24.3 Å². The summed E-state index contributed by atoms with van der Waals surface area (Å²) in [6.45, 7) is 1.000. The van der Waals surface area contributed by atoms with Crippen LogP contribution in [0.5, 0.6) is 11.5 Å². The smallest absolute Gasteiger partial charge is 0.265 e. The Kier molecular flexibility index (Phi) is 3.61. The number of aromatic amines is 1. The van der Waals surface area contributed by atoms with Crippen molar-refractivity contribution in [1.82, 2.24) is 4.98 Å². The molecular formula is C20H14N2O4S. The number of anilines is 1. The largest absolute Gasteiger partial charge is 0.486 e. The Hall–Kier alpha value is -3.32. The van der Waals surface area contributed by atoms with Crippen LogP contribution in [-0.2, 0) is 0 Å². The van der Waals surface area contributed by atoms with Gasteiger partial charge in [0, 0.05) is 27.4 Å². The summed E-state index contributed by atoms with van der Waals surface area (Å²) < 4.78 is 11.8. The molecule has 0 bridgehead atoms. The van der Waals surface area contributed by atoms with Gasteiger partial charge in [-0.25, -0.2) is 0 Å². The lowest BCUT2D eigenvalue weighted by atomic mass is 10.2. The molecule has 1 amide bonds. The van der Waals surface area contributed by atoms with E-state index in [1.165, 1.54) is 11.3 Å². The number of carbonyl (C=O) groups is 1. The highest BCUT2D eigenvalue weighted by Gasteiger charge is 2.17. The third kappa shape index (κ3) is 2.72. The van der Waals surface area contributed by atoms with Crippen LogP contribution in [0.3, 0.4) is 0 Å². The summed E-state index contributed by atoms with van der Waals surface area (Å²) >= 11 is 1.31. The molecule has 2 aromatic heterocycles. The molecule has 0 saturated heterocycles. The van der Waals surface area contributed by atoms with E-state index in [1.54, 1.807) is 24.3 Å². The first-order chi connectivity index (χ1) is 13.2. The molecule has 2 aromatic carbocycles. The number of carbonyl (C=O) groups excluding carboxylic acids is 1. The zero-order valence-corrected chi connectivity index (χ0v) is 14.9. The predicted octanol–water partition coefficient (Wildman–Crippen LogP) is 3.77. The number of hydrogen-bond donors (Lipinski definition) is 2. The van der Waals surface area contributed by atoms with Crippen molar-refractivity contribution in [2.45, 2.75) is 0 Å². The van der Waals surface area contributed by atoms with Gasteiger partial charge in [-0.2, -0.15) is 0 Å². The minimum Gasteiger partial charge on any atom is -0.486 e. The van der Waals surface area contributed by atoms with Gasteiger partial charge in [-0.1, -0.05) is 18.2 Å². The molecule has 0 spiro atoms. The normalized spacial score (nSPS) is 13.0. The molecule has 0 aliphatic carbocycles. The van der Waals surface area contributed by atoms with Crippen molar-refractivity contribution in [3.05, 3.63) is 63.8 Å². The molecule has 5 rings (SSSR count). The van der Waals surface area contributed by atoms with Crippen molar-refractivity contribution in [3.63, 3.8) is 0 Å². The Morgan fingerprint density at radius 3 is 2.70 bits per heavy atom. The van der Waals surface area contributed by atoms with Gasteiger partial charge in [-0.15, -0.1) is 11.3 Å². The number of aromatic nitrogens is 1. The van der Waals surface area contributed by atoms with Crippen molar-refractivity contribution in [1.29, 1.82) is 0 Å². The lowest BCUT2D eigenvalue weighted by Crippen LogP contribution is -2.16. The van der Waals surface area contributed by atoms with Crippen molar-refractivity contribution in [2.24, 2.45) is 0 Å². The monoisotopic (exact) mass is 378 g/mol. The van der Waals surface area contributed by atoms with Crippen LogP contribution in [0.15, 0.2) is 53.3 Å². The average Bonchev–Trinajstić information content (AvgIpc) is 3.15. The summed E-state index contributed by atoms with van der Waals surface area (Å²) in [5.74, 6) is 1.01. The number of H-pyrrole nitrogens is 1. The van der Waals surface area contributed by atoms with E-state index in [2.05, 4.69) is 10.3 Å². The van der Waals surface area contributed by atoms with Crippen molar-refractivity contribution in [3.8, 4) is 11.5 Å². The van der Waals surface area contributed by atoms with Crippen LogP contribution in [0.1, 0.15) is 9.67 Å². The average molecular weight is 378 g/mol. The topological polar surface area (TPSA) is 80.4 Å². The van der Waals surface area contributed by atoms with E-state index in [0.717, 1.165) is 15.6 Å². The molecule has 0 fully saturated rings. The minimum absolute atomic E-state index is 0.196. The first kappa shape index (κ1) is 15.9. The van der Waals surface area contributed by atoms with Crippen molar-refractivity contribution < 1.29 is 14.3 Å². The van der Waals surface area contributed by atoms with Gasteiger partial charge >= 0.3 is 0 Å². The second-order valence-corrected chi connectivity index (χ2v) is 7.22. The maximum absolute atomic E-state index is 12.7. The quantitative estimate of drug-likeness (QED) is 0.556. The molecular weight excluding hydrogens is 364 g/mol. The second kappa shape index (κ2) is 6.14. The van der Waals surface area contributed by atoms with Crippen LogP contribution in [0.2, 0.25) is 0 Å². The molecule has 0 atom stereocenters. The van der Waals surface area contributed by atoms with Crippen LogP contribution < -0.4 is 20.3 Å². The van der Waals surface area contributed by atoms with Gasteiger partial charge in [-0.05, 0) is 24.3 Å². The van der Waals surface area contributed by atoms with Crippen LogP contribution in [-0.4, -0.2) is 24.1 Å². The molecule has 2 N–H and O–H groups in total. The summed E-state index contributed by atoms with van der Waals surface area (Å²) in [4.78, 5) is 28.4. The van der Waals surface area contributed by atoms with Gasteiger partial charge in [0.15, 0.2) is 11.5 Å². The predicted molar refractivity (Wildman–Crippen MR) is 105 cm³/mol. The van der Waals surface area contributed by atoms with Crippen molar-refractivity contribution in [2.75, 3.05) is 18.5 Å². The highest BCUT2D eigenvalue weighted by molar-refractivity contribution is 7.21. The summed E-state index contributed by atoms with van der Waals surface area (Å²) in [6, 6.07) is 14.5. The first-order valence-corrected chi connectivity index (χ1v) is 9.26. The Morgan fingerprint density at radius 2 is 1.81 bits per heavy atom. The molecule has 7 heteroatoms. The zero-order chi connectivity index (χ0) is 18.4. The number of pyridine rings is 1. The van der Waals surface area contributed by atoms with E-state index < -0.39 is 0 Å². The van der Waals surface area contributed by atoms with Crippen molar-refractivity contribution >= 4 is 43.9 Å². The minimum atomic E-state index is -0.267. The van der Waals surface area contributed by atoms with E-state index in [0.29, 0.717) is 40.7 Å². The molecule has 6 nitrogen and oxygen atoms in total. The van der Waals surface area contributed by atoms with Crippen LogP contribution in [0, 0.1) is 0 Å². The summed E-state index contributed by atoms with van der Waals surface area (Å²) in [5, 5.41) is 4.31. The maximum atomic E-state index is 12.7. The van der Waals surface area contributed by atoms with Gasteiger partial charge in [0.05, 0.1) is 10.3 Å². The SMILES string of the molecule is O=C(Nc1ccc2c(c1)OCCO2)c1cc2c(=O)[nH]c3ccccc3c2s1. The van der Waals surface area contributed by atoms with E-state index in [-0.39, 0.29) is 11.5 Å². The fraction of sp³-hybridized carbons (Fsp3) is 0.100. The molecule has 27 heavy (non-hydrogen) atoms. The number of amides is 1. The highest BCUT2D eigenvalue weighted by Crippen LogP contribution is 2.34. The standard InChI is InChI=1S/C20H14N2O4S/c23-19-13-10-17(27-18(13)12-3-1-2-4-14(12)22-19)20(24)21-11-5-6-15-16(9-11)26-8-7-25-15/h1-6,9-10H,7-8H2,(H,21,24)(H,22,23). The lowest BCUT2D eigenvalue weighted by molar-refractivity contribution is 0.103. The summed E-state index contributed by atoms with van der Waals surface area (Å²) in [7, 11) is 0. The number of hydrogen-bond acceptors (Lipinski definition) is 5. The number of nitrogens with one attached hydrogen (secondary N) is 2. The molecule has 134 valence electrons. The van der Waals surface area contributed by atoms with E-state index in [9.17, 15) is 9.59 Å². The fourth-order valence-corrected chi connectivity index (χ4v) is 4.26. The molecule has 0 radical (unpaired) electrons. The Bertz CT molecular complexity index is 1260. The number of fused-ring (bicyclic) bond motifs is 4. The summed E-state index contributed by atoms with van der Waals surface area (Å²) in [5.41, 5.74) is 1.18. The Morgan fingerprint density at radius 1 is 1.00 bits per heavy atom. The molecule has 0 unspecified atom stereocenters. The molecule has 1 aliphatic heterocycles. The third-order valence-electron chi connectivity index (χ3n) is 4.42. The molecule has 0 saturated carbocycles. The number of para-hydroxylation sites is 1. The van der Waals surface area contributed by atoms with Gasteiger partial charge in [0.2, 0.25) is 0 Å². The van der Waals surface area contributed by atoms with Crippen LogP contribution in [0.4, 0.5) is 5.69 Å². The highest BCUT2D eigenvalue weighted by atomic mass is 32.1. The van der Waals surface area contributed by atoms with E-state index >= 15 is 0 Å². The summed E-state index contributed by atoms with van der Waals surface area (Å²) in [6.07, 6.45) is 0. The Balaban J connectivity index is 1.52. The number of ether oxygens (including phenoxy) is 2. The van der Waals surface area contributed by atoms with Gasteiger partial charge in [0.25, 0.3) is 11.5 Å². The van der Waals surface area contributed by atoms with Crippen LogP contribution in [0.25, 0.3) is 21.0 Å². The second-order valence-electron chi connectivity index (χ2n) is 6.17. The number of benzene rings is 2. The fourth-order valence-electron chi connectivity index (χ4n) is 3.17. The number of thiophene rings is 1. The third-order valence-corrected chi connectivity index (χ3v) is 5.59. The first-order valence-electron chi connectivity index (χ1n) is 8.44. The molecule has 3 heterocycles. The van der Waals surface area contributed by atoms with E-state index in [4.69, 9.17) is 9.47 Å². The molecule has 1 aliphatic rings. The van der Waals surface area contributed by atoms with Gasteiger partial charge < -0.3 is 19.8 Å². The van der Waals surface area contributed by atoms with Crippen LogP contribution >= 0.6 is 11.3 Å². The van der Waals surface area contributed by atoms with Gasteiger partial charge in [0.1, 0.15) is 13.2 Å². The number of rotatable bonds is 2.